The van der Waals surface area contributed by atoms with Crippen molar-refractivity contribution in [2.45, 2.75) is 62.8 Å². The molecule has 1 nitrogen and oxygen atoms in total. The third-order valence-electron chi connectivity index (χ3n) is 4.57. The van der Waals surface area contributed by atoms with Crippen LogP contribution >= 0.6 is 11.8 Å². The lowest BCUT2D eigenvalue weighted by Crippen LogP contribution is -2.57. The van der Waals surface area contributed by atoms with Crippen LogP contribution in [0.3, 0.4) is 0 Å². The Kier molecular flexibility index (Phi) is 1.84. The van der Waals surface area contributed by atoms with Gasteiger partial charge in [-0.25, -0.2) is 0 Å². The van der Waals surface area contributed by atoms with Crippen LogP contribution in [0, 0.1) is 5.41 Å². The summed E-state index contributed by atoms with van der Waals surface area (Å²) in [5.41, 5.74) is 1.07. The molecule has 1 N–H and O–H groups in total. The van der Waals surface area contributed by atoms with Crippen molar-refractivity contribution < 1.29 is 0 Å². The molecular formula is C12H21NS. The highest BCUT2D eigenvalue weighted by Crippen LogP contribution is 2.65. The van der Waals surface area contributed by atoms with Gasteiger partial charge in [-0.1, -0.05) is 12.8 Å². The number of rotatable bonds is 0. The quantitative estimate of drug-likeness (QED) is 0.660. The van der Waals surface area contributed by atoms with Crippen molar-refractivity contribution >= 4 is 11.8 Å². The molecule has 80 valence electrons. The molecule has 3 aliphatic rings. The summed E-state index contributed by atoms with van der Waals surface area (Å²) in [7, 11) is 0. The van der Waals surface area contributed by atoms with E-state index >= 15 is 0 Å². The molecule has 14 heavy (non-hydrogen) atoms. The third-order valence-corrected chi connectivity index (χ3v) is 6.67. The molecule has 2 saturated carbocycles. The SMILES string of the molecule is CC1(C)CSC2(CCCC23CCC3)N1. The average molecular weight is 211 g/mol. The van der Waals surface area contributed by atoms with Gasteiger partial charge < -0.3 is 0 Å². The van der Waals surface area contributed by atoms with E-state index in [1.165, 1.54) is 44.3 Å². The Morgan fingerprint density at radius 3 is 2.14 bits per heavy atom. The molecule has 1 saturated heterocycles. The monoisotopic (exact) mass is 211 g/mol. The van der Waals surface area contributed by atoms with Gasteiger partial charge in [0.15, 0.2) is 0 Å². The molecule has 3 fully saturated rings. The highest BCUT2D eigenvalue weighted by molar-refractivity contribution is 8.01. The van der Waals surface area contributed by atoms with E-state index in [1.54, 1.807) is 0 Å². The van der Waals surface area contributed by atoms with Crippen molar-refractivity contribution in [3.63, 3.8) is 0 Å². The summed E-state index contributed by atoms with van der Waals surface area (Å²) in [6.45, 7) is 4.72. The fourth-order valence-corrected chi connectivity index (χ4v) is 5.67. The lowest BCUT2D eigenvalue weighted by molar-refractivity contribution is 0.0747. The molecule has 2 aliphatic carbocycles. The van der Waals surface area contributed by atoms with Gasteiger partial charge in [-0.2, -0.15) is 0 Å². The number of thioether (sulfide) groups is 1. The second-order valence-corrected chi connectivity index (χ2v) is 7.39. The van der Waals surface area contributed by atoms with Crippen molar-refractivity contribution in [1.29, 1.82) is 0 Å². The van der Waals surface area contributed by atoms with Crippen LogP contribution in [-0.4, -0.2) is 16.2 Å². The van der Waals surface area contributed by atoms with Crippen LogP contribution in [0.5, 0.6) is 0 Å². The molecule has 0 aromatic rings. The Hall–Kier alpha value is 0.310. The van der Waals surface area contributed by atoms with Crippen LogP contribution in [0.1, 0.15) is 52.4 Å². The highest BCUT2D eigenvalue weighted by atomic mass is 32.2. The number of hydrogen-bond acceptors (Lipinski definition) is 2. The van der Waals surface area contributed by atoms with Gasteiger partial charge in [-0.3, -0.25) is 5.32 Å². The molecule has 0 bridgehead atoms. The zero-order valence-electron chi connectivity index (χ0n) is 9.36. The first-order valence-corrected chi connectivity index (χ1v) is 7.00. The standard InChI is InChI=1S/C12H21NS/c1-10(2)9-14-12(13-10)8-4-7-11(12)5-3-6-11/h13H,3-9H2,1-2H3. The second-order valence-electron chi connectivity index (χ2n) is 6.11. The Labute approximate surface area is 91.4 Å². The van der Waals surface area contributed by atoms with E-state index < -0.39 is 0 Å². The van der Waals surface area contributed by atoms with Gasteiger partial charge in [0.2, 0.25) is 0 Å². The average Bonchev–Trinajstić information content (AvgIpc) is 2.53. The Bertz CT molecular complexity index is 257. The number of nitrogens with one attached hydrogen (secondary N) is 1. The Morgan fingerprint density at radius 2 is 1.64 bits per heavy atom. The van der Waals surface area contributed by atoms with Crippen molar-refractivity contribution in [2.75, 3.05) is 5.75 Å². The predicted octanol–water partition coefficient (Wildman–Crippen LogP) is 3.15. The van der Waals surface area contributed by atoms with Crippen LogP contribution in [0.2, 0.25) is 0 Å². The first kappa shape index (κ1) is 9.53. The third kappa shape index (κ3) is 1.07. The maximum absolute atomic E-state index is 3.96. The van der Waals surface area contributed by atoms with Crippen molar-refractivity contribution in [2.24, 2.45) is 5.41 Å². The van der Waals surface area contributed by atoms with Crippen LogP contribution < -0.4 is 5.32 Å². The maximum atomic E-state index is 3.96. The molecular weight excluding hydrogens is 190 g/mol. The lowest BCUT2D eigenvalue weighted by Gasteiger charge is -2.50. The van der Waals surface area contributed by atoms with Gasteiger partial charge in [-0.05, 0) is 44.9 Å². The smallest absolute Gasteiger partial charge is 0.0707 e. The fraction of sp³-hybridized carbons (Fsp3) is 1.00. The Morgan fingerprint density at radius 1 is 1.00 bits per heavy atom. The minimum atomic E-state index is 0.373. The molecule has 0 amide bonds. The first-order valence-electron chi connectivity index (χ1n) is 6.01. The van der Waals surface area contributed by atoms with Gasteiger partial charge in [0.05, 0.1) is 4.87 Å². The number of fused-ring (bicyclic) bond motifs is 1. The lowest BCUT2D eigenvalue weighted by atomic mass is 9.64. The highest BCUT2D eigenvalue weighted by Gasteiger charge is 2.61. The van der Waals surface area contributed by atoms with Crippen LogP contribution in [-0.2, 0) is 0 Å². The van der Waals surface area contributed by atoms with E-state index in [2.05, 4.69) is 30.9 Å². The minimum Gasteiger partial charge on any atom is -0.296 e. The largest absolute Gasteiger partial charge is 0.296 e. The van der Waals surface area contributed by atoms with Crippen molar-refractivity contribution in [3.05, 3.63) is 0 Å². The second kappa shape index (κ2) is 2.70. The van der Waals surface area contributed by atoms with E-state index in [-0.39, 0.29) is 0 Å². The van der Waals surface area contributed by atoms with E-state index in [0.29, 0.717) is 15.8 Å². The van der Waals surface area contributed by atoms with Crippen molar-refractivity contribution in [3.8, 4) is 0 Å². The molecule has 3 rings (SSSR count). The van der Waals surface area contributed by atoms with Gasteiger partial charge in [0, 0.05) is 11.3 Å². The molecule has 0 aromatic heterocycles. The van der Waals surface area contributed by atoms with Crippen LogP contribution in [0.25, 0.3) is 0 Å². The van der Waals surface area contributed by atoms with Gasteiger partial charge in [0.25, 0.3) is 0 Å². The van der Waals surface area contributed by atoms with Crippen LogP contribution in [0.15, 0.2) is 0 Å². The first-order chi connectivity index (χ1) is 6.58. The molecule has 0 aromatic carbocycles. The van der Waals surface area contributed by atoms with Gasteiger partial charge >= 0.3 is 0 Å². The summed E-state index contributed by atoms with van der Waals surface area (Å²) < 4.78 is 0. The zero-order valence-corrected chi connectivity index (χ0v) is 10.2. The summed E-state index contributed by atoms with van der Waals surface area (Å²) >= 11 is 2.23. The summed E-state index contributed by atoms with van der Waals surface area (Å²) in [6.07, 6.45) is 8.82. The molecule has 1 aliphatic heterocycles. The zero-order chi connectivity index (χ0) is 9.86. The summed E-state index contributed by atoms with van der Waals surface area (Å²) in [4.78, 5) is 0.481. The van der Waals surface area contributed by atoms with Crippen LogP contribution in [0.4, 0.5) is 0 Å². The summed E-state index contributed by atoms with van der Waals surface area (Å²) in [5, 5.41) is 3.96. The van der Waals surface area contributed by atoms with E-state index in [9.17, 15) is 0 Å². The maximum Gasteiger partial charge on any atom is 0.0707 e. The minimum absolute atomic E-state index is 0.373. The number of hydrogen-bond donors (Lipinski definition) is 1. The summed E-state index contributed by atoms with van der Waals surface area (Å²) in [6, 6.07) is 0. The summed E-state index contributed by atoms with van der Waals surface area (Å²) in [5.74, 6) is 1.30. The van der Waals surface area contributed by atoms with E-state index in [4.69, 9.17) is 0 Å². The van der Waals surface area contributed by atoms with Gasteiger partial charge in [0.1, 0.15) is 0 Å². The normalized spacial score (nSPS) is 43.3. The molecule has 2 heteroatoms. The van der Waals surface area contributed by atoms with E-state index in [1.807, 2.05) is 0 Å². The predicted molar refractivity (Wildman–Crippen MR) is 62.5 cm³/mol. The van der Waals surface area contributed by atoms with Crippen molar-refractivity contribution in [1.82, 2.24) is 5.32 Å². The molecule has 1 atom stereocenters. The topological polar surface area (TPSA) is 12.0 Å². The molecule has 1 unspecified atom stereocenters. The van der Waals surface area contributed by atoms with Gasteiger partial charge in [-0.15, -0.1) is 11.8 Å². The van der Waals surface area contributed by atoms with E-state index in [0.717, 1.165) is 0 Å². The molecule has 0 radical (unpaired) electrons. The Balaban J connectivity index is 1.89. The molecule has 1 heterocycles. The molecule has 2 spiro atoms. The fourth-order valence-electron chi connectivity index (χ4n) is 3.74.